The van der Waals surface area contributed by atoms with Crippen molar-refractivity contribution in [2.45, 2.75) is 18.7 Å². The third kappa shape index (κ3) is 5.49. The summed E-state index contributed by atoms with van der Waals surface area (Å²) in [6.45, 7) is 3.61. The minimum atomic E-state index is -3.89. The summed E-state index contributed by atoms with van der Waals surface area (Å²) in [7, 11) is -3.89. The molecule has 0 radical (unpaired) electrons. The first-order valence-electron chi connectivity index (χ1n) is 9.41. The van der Waals surface area contributed by atoms with Crippen LogP contribution < -0.4 is 10.0 Å². The molecule has 0 heterocycles. The number of nitrogens with zero attached hydrogens (tertiary/aromatic N) is 2. The summed E-state index contributed by atoms with van der Waals surface area (Å²) in [4.78, 5) is 32.7. The molecular weight excluding hydrogens is 452 g/mol. The summed E-state index contributed by atoms with van der Waals surface area (Å²) in [6.07, 6.45) is 0. The highest BCUT2D eigenvalue weighted by atomic mass is 32.2. The van der Waals surface area contributed by atoms with Gasteiger partial charge >= 0.3 is 0 Å². The van der Waals surface area contributed by atoms with Crippen molar-refractivity contribution in [1.29, 1.82) is 0 Å². The first-order valence-corrected chi connectivity index (χ1v) is 10.9. The molecule has 3 rings (SSSR count). The number of nitro groups is 2. The molecule has 0 aromatic heterocycles. The molecule has 0 aliphatic rings. The molecule has 0 spiro atoms. The number of nitro benzene ring substituents is 2. The number of non-ortho nitro benzene ring substituents is 2. The second-order valence-electron chi connectivity index (χ2n) is 7.15. The molecule has 11 nitrogen and oxygen atoms in total. The van der Waals surface area contributed by atoms with Crippen molar-refractivity contribution < 1.29 is 23.1 Å². The summed E-state index contributed by atoms with van der Waals surface area (Å²) in [5.74, 6) is -0.828. The van der Waals surface area contributed by atoms with Gasteiger partial charge in [0.25, 0.3) is 27.3 Å². The Kier molecular flexibility index (Phi) is 6.40. The van der Waals surface area contributed by atoms with Gasteiger partial charge in [-0.1, -0.05) is 12.1 Å². The van der Waals surface area contributed by atoms with Crippen LogP contribution in [-0.4, -0.2) is 24.2 Å². The fourth-order valence-electron chi connectivity index (χ4n) is 2.91. The predicted octanol–water partition coefficient (Wildman–Crippen LogP) is 4.17. The lowest BCUT2D eigenvalue weighted by atomic mass is 10.1. The number of hydrogen-bond donors (Lipinski definition) is 2. The fourth-order valence-corrected chi connectivity index (χ4v) is 4.03. The van der Waals surface area contributed by atoms with E-state index in [1.807, 2.05) is 13.0 Å². The highest BCUT2D eigenvalue weighted by molar-refractivity contribution is 7.92. The standard InChI is InChI=1S/C21H18N4O7S/c1-13-3-4-14(2)20(9-13)23-33(31,32)19-7-5-16(6-8-19)22-21(26)15-10-17(24(27)28)12-18(11-15)25(29)30/h3-12,23H,1-2H3,(H,22,26). The molecule has 1 amide bonds. The van der Waals surface area contributed by atoms with E-state index >= 15 is 0 Å². The van der Waals surface area contributed by atoms with Crippen molar-refractivity contribution >= 4 is 38.7 Å². The number of aryl methyl sites for hydroxylation is 2. The van der Waals surface area contributed by atoms with Gasteiger partial charge in [-0.05, 0) is 55.3 Å². The van der Waals surface area contributed by atoms with E-state index in [-0.39, 0.29) is 16.1 Å². The van der Waals surface area contributed by atoms with Crippen molar-refractivity contribution in [3.63, 3.8) is 0 Å². The maximum atomic E-state index is 12.7. The van der Waals surface area contributed by atoms with E-state index in [1.165, 1.54) is 24.3 Å². The lowest BCUT2D eigenvalue weighted by molar-refractivity contribution is -0.394. The molecule has 0 bridgehead atoms. The van der Waals surface area contributed by atoms with Gasteiger partial charge in [0.15, 0.2) is 0 Å². The predicted molar refractivity (Wildman–Crippen MR) is 121 cm³/mol. The van der Waals surface area contributed by atoms with Gasteiger partial charge in [-0.3, -0.25) is 29.7 Å². The second kappa shape index (κ2) is 9.04. The van der Waals surface area contributed by atoms with Crippen LogP contribution in [0.25, 0.3) is 0 Å². The van der Waals surface area contributed by atoms with Crippen LogP contribution in [0.5, 0.6) is 0 Å². The highest BCUT2D eigenvalue weighted by Gasteiger charge is 2.20. The maximum Gasteiger partial charge on any atom is 0.277 e. The van der Waals surface area contributed by atoms with E-state index in [0.29, 0.717) is 5.69 Å². The summed E-state index contributed by atoms with van der Waals surface area (Å²) in [5, 5.41) is 24.4. The molecule has 12 heteroatoms. The Bertz CT molecular complexity index is 1340. The van der Waals surface area contributed by atoms with Gasteiger partial charge in [0.2, 0.25) is 0 Å². The van der Waals surface area contributed by atoms with Gasteiger partial charge in [0.1, 0.15) is 0 Å². The van der Waals surface area contributed by atoms with E-state index in [9.17, 15) is 33.4 Å². The van der Waals surface area contributed by atoms with Crippen LogP contribution in [0.15, 0.2) is 65.6 Å². The zero-order chi connectivity index (χ0) is 24.3. The number of benzene rings is 3. The molecule has 0 aliphatic heterocycles. The summed E-state index contributed by atoms with van der Waals surface area (Å²) in [6, 6.07) is 13.2. The molecule has 3 aromatic rings. The van der Waals surface area contributed by atoms with E-state index in [0.717, 1.165) is 29.3 Å². The SMILES string of the molecule is Cc1ccc(C)c(NS(=O)(=O)c2ccc(NC(=O)c3cc([N+](=O)[O-])cc([N+](=O)[O-])c3)cc2)c1. The molecule has 0 atom stereocenters. The van der Waals surface area contributed by atoms with Gasteiger partial charge in [-0.15, -0.1) is 0 Å². The lowest BCUT2D eigenvalue weighted by Gasteiger charge is -2.12. The maximum absolute atomic E-state index is 12.7. The van der Waals surface area contributed by atoms with E-state index in [2.05, 4.69) is 10.0 Å². The quantitative estimate of drug-likeness (QED) is 0.387. The van der Waals surface area contributed by atoms with Crippen LogP contribution in [0.4, 0.5) is 22.7 Å². The highest BCUT2D eigenvalue weighted by Crippen LogP contribution is 2.25. The third-order valence-corrected chi connectivity index (χ3v) is 6.03. The molecule has 2 N–H and O–H groups in total. The molecule has 0 unspecified atom stereocenters. The Morgan fingerprint density at radius 1 is 0.848 bits per heavy atom. The van der Waals surface area contributed by atoms with Crippen LogP contribution in [0.3, 0.4) is 0 Å². The Balaban J connectivity index is 1.81. The van der Waals surface area contributed by atoms with E-state index in [4.69, 9.17) is 0 Å². The molecule has 0 saturated heterocycles. The van der Waals surface area contributed by atoms with Crippen molar-refractivity contribution in [2.75, 3.05) is 10.0 Å². The molecule has 170 valence electrons. The number of rotatable bonds is 7. The molecule has 0 fully saturated rings. The zero-order valence-electron chi connectivity index (χ0n) is 17.4. The van der Waals surface area contributed by atoms with Crippen molar-refractivity contribution in [3.05, 3.63) is 97.6 Å². The number of sulfonamides is 1. The van der Waals surface area contributed by atoms with Crippen LogP contribution in [0.1, 0.15) is 21.5 Å². The first kappa shape index (κ1) is 23.3. The lowest BCUT2D eigenvalue weighted by Crippen LogP contribution is -2.15. The first-order chi connectivity index (χ1) is 15.5. The summed E-state index contributed by atoms with van der Waals surface area (Å²) < 4.78 is 27.9. The number of carbonyl (C=O) groups is 1. The van der Waals surface area contributed by atoms with Gasteiger partial charge in [0.05, 0.1) is 32.1 Å². The fraction of sp³-hybridized carbons (Fsp3) is 0.0952. The molecule has 0 aliphatic carbocycles. The summed E-state index contributed by atoms with van der Waals surface area (Å²) >= 11 is 0. The average Bonchev–Trinajstić information content (AvgIpc) is 2.76. The normalized spacial score (nSPS) is 11.0. The van der Waals surface area contributed by atoms with E-state index in [1.54, 1.807) is 19.1 Å². The topological polar surface area (TPSA) is 162 Å². The smallest absolute Gasteiger partial charge is 0.277 e. The van der Waals surface area contributed by atoms with Crippen molar-refractivity contribution in [1.82, 2.24) is 0 Å². The number of carbonyl (C=O) groups excluding carboxylic acids is 1. The minimum Gasteiger partial charge on any atom is -0.322 e. The van der Waals surface area contributed by atoms with Crippen molar-refractivity contribution in [2.24, 2.45) is 0 Å². The van der Waals surface area contributed by atoms with Gasteiger partial charge in [-0.25, -0.2) is 8.42 Å². The average molecular weight is 470 g/mol. The number of anilines is 2. The van der Waals surface area contributed by atoms with Gasteiger partial charge in [-0.2, -0.15) is 0 Å². The second-order valence-corrected chi connectivity index (χ2v) is 8.84. The van der Waals surface area contributed by atoms with Crippen LogP contribution in [0.2, 0.25) is 0 Å². The minimum absolute atomic E-state index is 0.0487. The Morgan fingerprint density at radius 3 is 1.97 bits per heavy atom. The molecular formula is C21H18N4O7S. The van der Waals surface area contributed by atoms with E-state index < -0.39 is 37.2 Å². The third-order valence-electron chi connectivity index (χ3n) is 4.65. The monoisotopic (exact) mass is 470 g/mol. The van der Waals surface area contributed by atoms with Gasteiger partial charge < -0.3 is 5.32 Å². The van der Waals surface area contributed by atoms with Crippen LogP contribution in [-0.2, 0) is 10.0 Å². The zero-order valence-corrected chi connectivity index (χ0v) is 18.3. The van der Waals surface area contributed by atoms with Crippen LogP contribution >= 0.6 is 0 Å². The Hall–Kier alpha value is -4.32. The molecule has 3 aromatic carbocycles. The molecule has 0 saturated carbocycles. The largest absolute Gasteiger partial charge is 0.322 e. The van der Waals surface area contributed by atoms with Crippen molar-refractivity contribution in [3.8, 4) is 0 Å². The number of hydrogen-bond acceptors (Lipinski definition) is 7. The summed E-state index contributed by atoms with van der Waals surface area (Å²) in [5.41, 5.74) is 0.780. The Labute approximate surface area is 188 Å². The Morgan fingerprint density at radius 2 is 1.42 bits per heavy atom. The van der Waals surface area contributed by atoms with Crippen LogP contribution in [0, 0.1) is 34.1 Å². The number of nitrogens with one attached hydrogen (secondary N) is 2. The molecule has 33 heavy (non-hydrogen) atoms. The number of amides is 1. The van der Waals surface area contributed by atoms with Gasteiger partial charge in [0, 0.05) is 17.8 Å².